The molecule has 1 aromatic carbocycles. The molecule has 0 saturated carbocycles. The first-order chi connectivity index (χ1) is 13.8. The van der Waals surface area contributed by atoms with Gasteiger partial charge in [-0.25, -0.2) is 9.82 Å². The number of carbonyl (C=O) groups is 1. The maximum atomic E-state index is 13.4. The summed E-state index contributed by atoms with van der Waals surface area (Å²) < 4.78 is 53.4. The summed E-state index contributed by atoms with van der Waals surface area (Å²) in [5.41, 5.74) is 2.77. The molecule has 4 N–H and O–H groups in total. The minimum atomic E-state index is -4.50. The number of fused-ring (bicyclic) bond motifs is 1. The van der Waals surface area contributed by atoms with Crippen LogP contribution in [0.15, 0.2) is 72.1 Å². The number of hydrogen-bond acceptors (Lipinski definition) is 5. The lowest BCUT2D eigenvalue weighted by atomic mass is 9.99. The number of nitrogens with zero attached hydrogens (tertiary/aromatic N) is 1. The highest BCUT2D eigenvalue weighted by atomic mass is 19.4. The van der Waals surface area contributed by atoms with Crippen LogP contribution in [0.4, 0.5) is 17.6 Å². The zero-order chi connectivity index (χ0) is 20.6. The minimum absolute atomic E-state index is 0.0488. The summed E-state index contributed by atoms with van der Waals surface area (Å²) in [4.78, 5) is 12.6. The van der Waals surface area contributed by atoms with Gasteiger partial charge in [0.05, 0.1) is 18.2 Å². The molecule has 6 nitrogen and oxygen atoms in total. The molecule has 1 aromatic rings. The molecule has 0 fully saturated rings. The van der Waals surface area contributed by atoms with Crippen molar-refractivity contribution in [3.05, 3.63) is 83.2 Å². The Bertz CT molecular complexity index is 950. The number of benzene rings is 1. The van der Waals surface area contributed by atoms with Crippen molar-refractivity contribution < 1.29 is 22.4 Å². The zero-order valence-corrected chi connectivity index (χ0v) is 14.9. The molecule has 2 unspecified atom stereocenters. The van der Waals surface area contributed by atoms with E-state index in [0.717, 1.165) is 6.07 Å². The van der Waals surface area contributed by atoms with Crippen LogP contribution in [0.25, 0.3) is 0 Å². The van der Waals surface area contributed by atoms with Crippen LogP contribution in [0, 0.1) is 0 Å². The summed E-state index contributed by atoms with van der Waals surface area (Å²) in [5, 5.41) is 9.70. The van der Waals surface area contributed by atoms with Crippen molar-refractivity contribution in [1.29, 1.82) is 0 Å². The number of allylic oxidation sites excluding steroid dienone is 2. The third-order valence-electron chi connectivity index (χ3n) is 4.65. The number of nitrogens with one attached hydrogen (secondary N) is 4. The molecule has 29 heavy (non-hydrogen) atoms. The fraction of sp³-hybridized carbons (Fsp3) is 0.211. The number of hydrazine groups is 1. The fourth-order valence-corrected chi connectivity index (χ4v) is 3.34. The number of rotatable bonds is 3. The van der Waals surface area contributed by atoms with Gasteiger partial charge in [0, 0.05) is 18.1 Å². The highest BCUT2D eigenvalue weighted by Crippen LogP contribution is 2.36. The highest BCUT2D eigenvalue weighted by Gasteiger charge is 2.38. The van der Waals surface area contributed by atoms with Gasteiger partial charge in [-0.1, -0.05) is 24.3 Å². The van der Waals surface area contributed by atoms with E-state index in [1.165, 1.54) is 41.7 Å². The van der Waals surface area contributed by atoms with Crippen LogP contribution in [-0.4, -0.2) is 23.6 Å². The lowest BCUT2D eigenvalue weighted by molar-refractivity contribution is -0.138. The van der Waals surface area contributed by atoms with E-state index in [1.807, 2.05) is 0 Å². The molecule has 2 atom stereocenters. The summed E-state index contributed by atoms with van der Waals surface area (Å²) in [6, 6.07) is 4.50. The van der Waals surface area contributed by atoms with Crippen LogP contribution in [0.3, 0.4) is 0 Å². The Hall–Kier alpha value is -3.27. The fourth-order valence-electron chi connectivity index (χ4n) is 3.34. The Morgan fingerprint density at radius 3 is 2.72 bits per heavy atom. The van der Waals surface area contributed by atoms with Gasteiger partial charge in [-0.05, 0) is 23.8 Å². The predicted octanol–water partition coefficient (Wildman–Crippen LogP) is 2.31. The monoisotopic (exact) mass is 407 g/mol. The van der Waals surface area contributed by atoms with Crippen molar-refractivity contribution in [3.63, 3.8) is 0 Å². The van der Waals surface area contributed by atoms with Gasteiger partial charge in [0.1, 0.15) is 17.7 Å². The highest BCUT2D eigenvalue weighted by molar-refractivity contribution is 5.94. The minimum Gasteiger partial charge on any atom is -0.383 e. The van der Waals surface area contributed by atoms with E-state index >= 15 is 0 Å². The van der Waals surface area contributed by atoms with E-state index < -0.39 is 35.7 Å². The van der Waals surface area contributed by atoms with E-state index in [2.05, 4.69) is 21.4 Å². The zero-order valence-electron chi connectivity index (χ0n) is 14.9. The second-order valence-electron chi connectivity index (χ2n) is 6.62. The van der Waals surface area contributed by atoms with Gasteiger partial charge >= 0.3 is 6.18 Å². The smallest absolute Gasteiger partial charge is 0.383 e. The molecular weight excluding hydrogens is 390 g/mol. The van der Waals surface area contributed by atoms with Crippen LogP contribution < -0.4 is 21.4 Å². The summed E-state index contributed by atoms with van der Waals surface area (Å²) in [5.74, 6) is -1.04. The Balaban J connectivity index is 1.53. The Labute approximate surface area is 163 Å². The van der Waals surface area contributed by atoms with Crippen molar-refractivity contribution in [3.8, 4) is 0 Å². The average Bonchev–Trinajstić information content (AvgIpc) is 3.10. The standard InChI is InChI=1S/C19H17F4N5O/c20-11-7-12(9-24-8-11)26-18(29)16-10-25-17-6-5-15(27-28(16)17)13-3-1-2-4-14(13)19(21,22)23/h1-8,10,15,17,24-25,27H,9H2,(H,26,29). The molecule has 4 rings (SSSR count). The summed E-state index contributed by atoms with van der Waals surface area (Å²) in [6.45, 7) is 0.248. The summed E-state index contributed by atoms with van der Waals surface area (Å²) in [6.07, 6.45) is 2.19. The van der Waals surface area contributed by atoms with Crippen molar-refractivity contribution in [2.45, 2.75) is 18.4 Å². The molecule has 0 aromatic heterocycles. The second-order valence-corrected chi connectivity index (χ2v) is 6.62. The van der Waals surface area contributed by atoms with Crippen molar-refractivity contribution in [1.82, 2.24) is 26.4 Å². The first-order valence-electron chi connectivity index (χ1n) is 8.80. The number of hydrogen-bond donors (Lipinski definition) is 4. The van der Waals surface area contributed by atoms with Gasteiger partial charge in [0.15, 0.2) is 0 Å². The van der Waals surface area contributed by atoms with E-state index in [9.17, 15) is 22.4 Å². The molecule has 0 aliphatic carbocycles. The maximum absolute atomic E-state index is 13.4. The molecule has 3 aliphatic rings. The molecule has 0 saturated heterocycles. The van der Waals surface area contributed by atoms with Gasteiger partial charge in [-0.3, -0.25) is 9.80 Å². The van der Waals surface area contributed by atoms with Crippen LogP contribution >= 0.6 is 0 Å². The molecule has 0 radical (unpaired) electrons. The van der Waals surface area contributed by atoms with Gasteiger partial charge < -0.3 is 16.0 Å². The van der Waals surface area contributed by atoms with E-state index in [0.29, 0.717) is 5.70 Å². The molecule has 10 heteroatoms. The average molecular weight is 407 g/mol. The van der Waals surface area contributed by atoms with Gasteiger partial charge in [0.2, 0.25) is 0 Å². The molecule has 0 spiro atoms. The largest absolute Gasteiger partial charge is 0.416 e. The third kappa shape index (κ3) is 3.83. The number of halogens is 4. The van der Waals surface area contributed by atoms with Crippen LogP contribution in [0.2, 0.25) is 0 Å². The normalized spacial score (nSPS) is 23.3. The summed E-state index contributed by atoms with van der Waals surface area (Å²) in [7, 11) is 0. The van der Waals surface area contributed by atoms with Crippen molar-refractivity contribution in [2.24, 2.45) is 0 Å². The lowest BCUT2D eigenvalue weighted by Crippen LogP contribution is -2.51. The van der Waals surface area contributed by atoms with Crippen molar-refractivity contribution >= 4 is 5.91 Å². The first kappa shape index (κ1) is 19.1. The second kappa shape index (κ2) is 7.28. The Morgan fingerprint density at radius 1 is 1.17 bits per heavy atom. The number of amides is 1. The number of dihydropyridines is 1. The molecular formula is C19H17F4N5O. The third-order valence-corrected chi connectivity index (χ3v) is 4.65. The maximum Gasteiger partial charge on any atom is 0.416 e. The van der Waals surface area contributed by atoms with Crippen LogP contribution in [0.1, 0.15) is 17.2 Å². The van der Waals surface area contributed by atoms with E-state index in [1.54, 1.807) is 12.2 Å². The number of carbonyl (C=O) groups excluding carboxylic acids is 1. The molecule has 1 amide bonds. The van der Waals surface area contributed by atoms with Gasteiger partial charge in [0.25, 0.3) is 5.91 Å². The van der Waals surface area contributed by atoms with Crippen LogP contribution in [-0.2, 0) is 11.0 Å². The molecule has 0 bridgehead atoms. The quantitative estimate of drug-likeness (QED) is 0.458. The van der Waals surface area contributed by atoms with Gasteiger partial charge in [-0.15, -0.1) is 0 Å². The molecule has 152 valence electrons. The van der Waals surface area contributed by atoms with Gasteiger partial charge in [-0.2, -0.15) is 13.2 Å². The first-order valence-corrected chi connectivity index (χ1v) is 8.80. The Kier molecular flexibility index (Phi) is 4.79. The Morgan fingerprint density at radius 2 is 1.97 bits per heavy atom. The van der Waals surface area contributed by atoms with Crippen molar-refractivity contribution in [2.75, 3.05) is 6.54 Å². The lowest BCUT2D eigenvalue weighted by Gasteiger charge is -2.35. The van der Waals surface area contributed by atoms with Crippen LogP contribution in [0.5, 0.6) is 0 Å². The number of alkyl halides is 3. The van der Waals surface area contributed by atoms with E-state index in [-0.39, 0.29) is 17.8 Å². The molecule has 3 aliphatic heterocycles. The predicted molar refractivity (Wildman–Crippen MR) is 96.7 cm³/mol. The summed E-state index contributed by atoms with van der Waals surface area (Å²) >= 11 is 0. The van der Waals surface area contributed by atoms with E-state index in [4.69, 9.17) is 0 Å². The SMILES string of the molecule is O=C(NC1=CC(F)=CNC1)C1=CNC2C=CC(c3ccccc3C(F)(F)F)NN12. The molecule has 3 heterocycles. The topological polar surface area (TPSA) is 68.4 Å².